The Labute approximate surface area is 394 Å². The predicted molar refractivity (Wildman–Crippen MR) is 277 cm³/mol. The maximum Gasteiger partial charge on any atom is 0.164 e. The first-order valence-corrected chi connectivity index (χ1v) is 23.1. The third-order valence-electron chi connectivity index (χ3n) is 13.7. The smallest absolute Gasteiger partial charge is 0.164 e. The fourth-order valence-corrected chi connectivity index (χ4v) is 10.6. The maximum atomic E-state index is 6.47. The van der Waals surface area contributed by atoms with E-state index >= 15 is 0 Å². The molecule has 0 unspecified atom stereocenters. The number of hydrogen-bond acceptors (Lipinski definition) is 4. The van der Waals surface area contributed by atoms with Crippen LogP contribution in [0.5, 0.6) is 0 Å². The first-order valence-electron chi connectivity index (χ1n) is 23.1. The van der Waals surface area contributed by atoms with E-state index < -0.39 is 5.41 Å². The number of rotatable bonds is 8. The van der Waals surface area contributed by atoms with E-state index in [1.807, 2.05) is 72.8 Å². The normalized spacial score (nSPS) is 12.5. The highest BCUT2D eigenvalue weighted by atomic mass is 16.3. The molecule has 2 aromatic heterocycles. The minimum absolute atomic E-state index is 0.434. The molecule has 0 atom stereocenters. The molecule has 1 aliphatic rings. The molecule has 0 amide bonds. The highest BCUT2D eigenvalue weighted by Gasteiger charge is 2.46. The van der Waals surface area contributed by atoms with Gasteiger partial charge in [0.2, 0.25) is 0 Å². The summed E-state index contributed by atoms with van der Waals surface area (Å²) < 4.78 is 6.47. The van der Waals surface area contributed by atoms with E-state index in [2.05, 4.69) is 176 Å². The van der Waals surface area contributed by atoms with E-state index in [0.717, 1.165) is 55.3 Å². The molecule has 0 N–H and O–H groups in total. The van der Waals surface area contributed by atoms with E-state index in [9.17, 15) is 0 Å². The lowest BCUT2D eigenvalue weighted by Gasteiger charge is -2.34. The molecule has 0 spiro atoms. The van der Waals surface area contributed by atoms with Gasteiger partial charge in [0.25, 0.3) is 0 Å². The number of furan rings is 1. The van der Waals surface area contributed by atoms with Crippen LogP contribution >= 0.6 is 0 Å². The van der Waals surface area contributed by atoms with Crippen LogP contribution in [0.15, 0.2) is 253 Å². The van der Waals surface area contributed by atoms with Gasteiger partial charge in [-0.15, -0.1) is 0 Å². The van der Waals surface area contributed by atoms with Crippen LogP contribution in [0.1, 0.15) is 22.3 Å². The average molecular weight is 868 g/mol. The monoisotopic (exact) mass is 867 g/mol. The molecule has 0 bridgehead atoms. The standard InChI is InChI=1S/C64H41N3O/c1-5-17-46(18-6-1)61-65-62(47-19-7-2-8-20-47)67-63(66-61)53-27-16-30-58-60(53)54-41-48(39-40-57(54)68-58)44-33-31-42(32-34-44)43-35-37-45(38-36-43)51-26-15-29-56-59(51)52-25-13-14-28-55(52)64(56,49-21-9-3-10-22-49)50-23-11-4-12-24-50/h1-41H. The third kappa shape index (κ3) is 6.41. The van der Waals surface area contributed by atoms with Crippen LogP contribution in [0.2, 0.25) is 0 Å². The summed E-state index contributed by atoms with van der Waals surface area (Å²) in [5.74, 6) is 1.84. The molecule has 1 aliphatic carbocycles. The zero-order valence-corrected chi connectivity index (χ0v) is 36.9. The second kappa shape index (κ2) is 16.2. The molecule has 68 heavy (non-hydrogen) atoms. The van der Waals surface area contributed by atoms with Crippen molar-refractivity contribution in [2.45, 2.75) is 5.41 Å². The molecule has 10 aromatic carbocycles. The zero-order valence-electron chi connectivity index (χ0n) is 36.9. The average Bonchev–Trinajstić information content (AvgIpc) is 3.96. The summed E-state index contributed by atoms with van der Waals surface area (Å²) in [4.78, 5) is 15.1. The van der Waals surface area contributed by atoms with Crippen LogP contribution in [0, 0.1) is 0 Å². The minimum Gasteiger partial charge on any atom is -0.456 e. The third-order valence-corrected chi connectivity index (χ3v) is 13.7. The van der Waals surface area contributed by atoms with Crippen molar-refractivity contribution in [1.82, 2.24) is 15.0 Å². The number of aromatic nitrogens is 3. The van der Waals surface area contributed by atoms with Gasteiger partial charge in [-0.3, -0.25) is 0 Å². The molecule has 4 nitrogen and oxygen atoms in total. The van der Waals surface area contributed by atoms with Crippen LogP contribution in [0.25, 0.3) is 101 Å². The van der Waals surface area contributed by atoms with Crippen LogP contribution < -0.4 is 0 Å². The molecule has 0 aliphatic heterocycles. The first-order chi connectivity index (χ1) is 33.7. The van der Waals surface area contributed by atoms with E-state index in [1.165, 1.54) is 50.1 Å². The van der Waals surface area contributed by atoms with Gasteiger partial charge >= 0.3 is 0 Å². The zero-order chi connectivity index (χ0) is 45.0. The molecule has 13 rings (SSSR count). The molecule has 12 aromatic rings. The molecular weight excluding hydrogens is 827 g/mol. The lowest BCUT2D eigenvalue weighted by Crippen LogP contribution is -2.28. The summed E-state index contributed by atoms with van der Waals surface area (Å²) in [5.41, 5.74) is 18.6. The Balaban J connectivity index is 0.849. The van der Waals surface area contributed by atoms with Gasteiger partial charge in [-0.25, -0.2) is 15.0 Å². The van der Waals surface area contributed by atoms with Gasteiger partial charge in [0.05, 0.1) is 5.41 Å². The van der Waals surface area contributed by atoms with Crippen LogP contribution in [-0.2, 0) is 5.41 Å². The van der Waals surface area contributed by atoms with Gasteiger partial charge in [-0.1, -0.05) is 231 Å². The number of fused-ring (bicyclic) bond motifs is 6. The van der Waals surface area contributed by atoms with Crippen molar-refractivity contribution in [1.29, 1.82) is 0 Å². The summed E-state index contributed by atoms with van der Waals surface area (Å²) in [6.45, 7) is 0. The molecule has 0 fully saturated rings. The minimum atomic E-state index is -0.434. The van der Waals surface area contributed by atoms with Gasteiger partial charge in [-0.05, 0) is 85.0 Å². The highest BCUT2D eigenvalue weighted by molar-refractivity contribution is 6.13. The van der Waals surface area contributed by atoms with Gasteiger partial charge in [-0.2, -0.15) is 0 Å². The number of nitrogens with zero attached hydrogens (tertiary/aromatic N) is 3. The Morgan fingerprint density at radius 3 is 1.37 bits per heavy atom. The van der Waals surface area contributed by atoms with E-state index in [1.54, 1.807) is 0 Å². The van der Waals surface area contributed by atoms with Crippen molar-refractivity contribution >= 4 is 21.9 Å². The molecule has 0 radical (unpaired) electrons. The fourth-order valence-electron chi connectivity index (χ4n) is 10.6. The van der Waals surface area contributed by atoms with E-state index in [-0.39, 0.29) is 0 Å². The molecule has 0 saturated carbocycles. The van der Waals surface area contributed by atoms with Gasteiger partial charge in [0.1, 0.15) is 11.2 Å². The van der Waals surface area contributed by atoms with E-state index in [4.69, 9.17) is 19.4 Å². The second-order valence-corrected chi connectivity index (χ2v) is 17.4. The summed E-state index contributed by atoms with van der Waals surface area (Å²) in [6.07, 6.45) is 0. The van der Waals surface area contributed by atoms with Crippen molar-refractivity contribution in [3.05, 3.63) is 271 Å². The van der Waals surface area contributed by atoms with Crippen molar-refractivity contribution in [2.24, 2.45) is 0 Å². The summed E-state index contributed by atoms with van der Waals surface area (Å²) in [5, 5.41) is 1.99. The van der Waals surface area contributed by atoms with Crippen molar-refractivity contribution in [2.75, 3.05) is 0 Å². The Hall–Kier alpha value is -8.99. The van der Waals surface area contributed by atoms with Gasteiger partial charge < -0.3 is 4.42 Å². The molecule has 4 heteroatoms. The molecule has 0 saturated heterocycles. The second-order valence-electron chi connectivity index (χ2n) is 17.4. The van der Waals surface area contributed by atoms with Crippen molar-refractivity contribution < 1.29 is 4.42 Å². The molecule has 2 heterocycles. The first kappa shape index (κ1) is 39.4. The number of benzene rings is 10. The van der Waals surface area contributed by atoms with Gasteiger partial charge in [0, 0.05) is 27.5 Å². The Morgan fingerprint density at radius 2 is 0.750 bits per heavy atom. The number of hydrogen-bond donors (Lipinski definition) is 0. The predicted octanol–water partition coefficient (Wildman–Crippen LogP) is 16.1. The Bertz CT molecular complexity index is 3710. The lowest BCUT2D eigenvalue weighted by molar-refractivity contribution is 0.669. The SMILES string of the molecule is c1ccc(-c2nc(-c3ccccc3)nc(-c3cccc4oc5ccc(-c6ccc(-c7ccc(-c8cccc9c8-c8ccccc8C9(c8ccccc8)c8ccccc8)cc7)cc6)cc5c34)n2)cc1. The van der Waals surface area contributed by atoms with Crippen LogP contribution in [-0.4, -0.2) is 15.0 Å². The largest absolute Gasteiger partial charge is 0.456 e. The molecular formula is C64H41N3O. The molecule has 318 valence electrons. The topological polar surface area (TPSA) is 51.8 Å². The van der Waals surface area contributed by atoms with Gasteiger partial charge in [0.15, 0.2) is 17.5 Å². The van der Waals surface area contributed by atoms with Crippen molar-refractivity contribution in [3.63, 3.8) is 0 Å². The fraction of sp³-hybridized carbons (Fsp3) is 0.0156. The summed E-state index contributed by atoms with van der Waals surface area (Å²) in [7, 11) is 0. The van der Waals surface area contributed by atoms with Crippen LogP contribution in [0.4, 0.5) is 0 Å². The maximum absolute atomic E-state index is 6.47. The van der Waals surface area contributed by atoms with Crippen LogP contribution in [0.3, 0.4) is 0 Å². The highest BCUT2D eigenvalue weighted by Crippen LogP contribution is 2.58. The quantitative estimate of drug-likeness (QED) is 0.153. The summed E-state index contributed by atoms with van der Waals surface area (Å²) in [6, 6.07) is 88.4. The Kier molecular flexibility index (Phi) is 9.36. The van der Waals surface area contributed by atoms with E-state index in [0.29, 0.717) is 17.5 Å². The summed E-state index contributed by atoms with van der Waals surface area (Å²) >= 11 is 0. The Morgan fingerprint density at radius 1 is 0.294 bits per heavy atom. The van der Waals surface area contributed by atoms with Crippen molar-refractivity contribution in [3.8, 4) is 78.7 Å². The lowest BCUT2D eigenvalue weighted by atomic mass is 9.67.